The van der Waals surface area contributed by atoms with Gasteiger partial charge in [-0.15, -0.1) is 0 Å². The molecule has 0 amide bonds. The molecule has 2 aromatic heterocycles. The van der Waals surface area contributed by atoms with E-state index in [1.165, 1.54) is 12.1 Å². The number of aromatic nitrogens is 4. The lowest BCUT2D eigenvalue weighted by molar-refractivity contribution is 0.261. The zero-order valence-corrected chi connectivity index (χ0v) is 15.8. The average molecular weight is 398 g/mol. The molecule has 0 unspecified atom stereocenters. The van der Waals surface area contributed by atoms with Gasteiger partial charge < -0.3 is 4.52 Å². The first kappa shape index (κ1) is 18.3. The molecule has 8 heteroatoms. The number of benzene rings is 2. The minimum Gasteiger partial charge on any atom is -0.338 e. The number of hydrogen-bond acceptors (Lipinski definition) is 5. The van der Waals surface area contributed by atoms with Crippen molar-refractivity contribution in [1.82, 2.24) is 24.8 Å². The van der Waals surface area contributed by atoms with Crippen LogP contribution in [-0.4, -0.2) is 31.9 Å². The van der Waals surface area contributed by atoms with Gasteiger partial charge in [0.2, 0.25) is 11.7 Å². The lowest BCUT2D eigenvalue weighted by atomic mass is 10.2. The van der Waals surface area contributed by atoms with Crippen LogP contribution in [-0.2, 0) is 13.1 Å². The van der Waals surface area contributed by atoms with Gasteiger partial charge in [-0.2, -0.15) is 10.1 Å². The zero-order chi connectivity index (χ0) is 19.5. The van der Waals surface area contributed by atoms with Gasteiger partial charge in [-0.3, -0.25) is 4.90 Å². The molecule has 0 aliphatic rings. The summed E-state index contributed by atoms with van der Waals surface area (Å²) in [6.45, 7) is 1.14. The number of nitrogens with zero attached hydrogens (tertiary/aromatic N) is 5. The number of rotatable bonds is 6. The summed E-state index contributed by atoms with van der Waals surface area (Å²) in [6.07, 6.45) is 3.69. The molecule has 0 saturated heterocycles. The Morgan fingerprint density at radius 3 is 2.75 bits per heavy atom. The maximum absolute atomic E-state index is 13.1. The van der Waals surface area contributed by atoms with E-state index in [1.807, 2.05) is 30.3 Å². The molecule has 0 saturated carbocycles. The Labute approximate surface area is 166 Å². The van der Waals surface area contributed by atoms with Crippen molar-refractivity contribution in [3.63, 3.8) is 0 Å². The van der Waals surface area contributed by atoms with E-state index in [9.17, 15) is 4.39 Å². The van der Waals surface area contributed by atoms with Gasteiger partial charge in [0, 0.05) is 28.9 Å². The van der Waals surface area contributed by atoms with Crippen LogP contribution < -0.4 is 0 Å². The van der Waals surface area contributed by atoms with E-state index in [4.69, 9.17) is 16.1 Å². The highest BCUT2D eigenvalue weighted by atomic mass is 35.5. The molecule has 4 aromatic rings. The Hall–Kier alpha value is -3.03. The van der Waals surface area contributed by atoms with Crippen LogP contribution in [0.15, 0.2) is 65.4 Å². The smallest absolute Gasteiger partial charge is 0.241 e. The number of hydrogen-bond donors (Lipinski definition) is 0. The van der Waals surface area contributed by atoms with E-state index in [0.717, 1.165) is 16.8 Å². The molecule has 0 spiro atoms. The fraction of sp³-hybridized carbons (Fsp3) is 0.150. The summed E-state index contributed by atoms with van der Waals surface area (Å²) in [5, 5.41) is 8.98. The molecular weight excluding hydrogens is 381 g/mol. The van der Waals surface area contributed by atoms with Crippen molar-refractivity contribution >= 4 is 11.6 Å². The third-order valence-corrected chi connectivity index (χ3v) is 4.37. The molecule has 0 N–H and O–H groups in total. The maximum Gasteiger partial charge on any atom is 0.241 e. The summed E-state index contributed by atoms with van der Waals surface area (Å²) in [6, 6.07) is 13.5. The van der Waals surface area contributed by atoms with Gasteiger partial charge in [0.25, 0.3) is 0 Å². The molecule has 0 aliphatic heterocycles. The number of halogens is 2. The van der Waals surface area contributed by atoms with Crippen LogP contribution in [0.3, 0.4) is 0 Å². The van der Waals surface area contributed by atoms with Crippen LogP contribution in [0.25, 0.3) is 17.1 Å². The van der Waals surface area contributed by atoms with Crippen LogP contribution >= 0.6 is 11.6 Å². The summed E-state index contributed by atoms with van der Waals surface area (Å²) in [5.41, 5.74) is 2.63. The van der Waals surface area contributed by atoms with E-state index >= 15 is 0 Å². The summed E-state index contributed by atoms with van der Waals surface area (Å²) in [4.78, 5) is 6.47. The van der Waals surface area contributed by atoms with E-state index in [0.29, 0.717) is 29.8 Å². The zero-order valence-electron chi connectivity index (χ0n) is 15.1. The van der Waals surface area contributed by atoms with Gasteiger partial charge in [0.15, 0.2) is 0 Å². The quantitative estimate of drug-likeness (QED) is 0.484. The minimum atomic E-state index is -0.271. The molecule has 0 radical (unpaired) electrons. The average Bonchev–Trinajstić information content (AvgIpc) is 3.32. The van der Waals surface area contributed by atoms with Gasteiger partial charge >= 0.3 is 0 Å². The molecule has 6 nitrogen and oxygen atoms in total. The second-order valence-corrected chi connectivity index (χ2v) is 6.90. The van der Waals surface area contributed by atoms with Crippen molar-refractivity contribution in [3.8, 4) is 17.1 Å². The minimum absolute atomic E-state index is 0.271. The van der Waals surface area contributed by atoms with Gasteiger partial charge in [-0.05, 0) is 43.4 Å². The first-order chi connectivity index (χ1) is 13.6. The molecule has 4 rings (SSSR count). The first-order valence-corrected chi connectivity index (χ1v) is 9.01. The van der Waals surface area contributed by atoms with Gasteiger partial charge in [0.05, 0.1) is 18.4 Å². The fourth-order valence-electron chi connectivity index (χ4n) is 2.84. The maximum atomic E-state index is 13.1. The van der Waals surface area contributed by atoms with E-state index in [1.54, 1.807) is 35.1 Å². The third kappa shape index (κ3) is 4.27. The fourth-order valence-corrected chi connectivity index (χ4v) is 3.03. The summed E-state index contributed by atoms with van der Waals surface area (Å²) < 4.78 is 20.1. The highest BCUT2D eigenvalue weighted by molar-refractivity contribution is 6.30. The normalized spacial score (nSPS) is 11.3. The summed E-state index contributed by atoms with van der Waals surface area (Å²) in [5.74, 6) is 0.756. The van der Waals surface area contributed by atoms with Crippen molar-refractivity contribution < 1.29 is 8.91 Å². The van der Waals surface area contributed by atoms with Crippen molar-refractivity contribution in [2.24, 2.45) is 0 Å². The summed E-state index contributed by atoms with van der Waals surface area (Å²) >= 11 is 6.01. The van der Waals surface area contributed by atoms with Crippen LogP contribution in [0.2, 0.25) is 5.02 Å². The highest BCUT2D eigenvalue weighted by Gasteiger charge is 2.12. The van der Waals surface area contributed by atoms with Crippen molar-refractivity contribution in [2.75, 3.05) is 7.05 Å². The van der Waals surface area contributed by atoms with Crippen LogP contribution in [0, 0.1) is 5.82 Å². The predicted octanol–water partition coefficient (Wildman–Crippen LogP) is 4.35. The highest BCUT2D eigenvalue weighted by Crippen LogP contribution is 2.20. The Bertz CT molecular complexity index is 1080. The largest absolute Gasteiger partial charge is 0.338 e. The Morgan fingerprint density at radius 2 is 1.96 bits per heavy atom. The Morgan fingerprint density at radius 1 is 1.14 bits per heavy atom. The standard InChI is InChI=1S/C20H17ClFN5O/c1-26(11-14-10-23-27(12-14)18-7-5-17(22)6-8-18)13-19-24-20(25-28-19)15-3-2-4-16(21)9-15/h2-10,12H,11,13H2,1H3. The molecule has 2 aromatic carbocycles. The summed E-state index contributed by atoms with van der Waals surface area (Å²) in [7, 11) is 1.96. The van der Waals surface area contributed by atoms with Gasteiger partial charge in [-0.1, -0.05) is 28.9 Å². The molecule has 142 valence electrons. The Kier molecular flexibility index (Phi) is 5.18. The molecule has 0 bridgehead atoms. The molecule has 0 aliphatic carbocycles. The molecule has 0 atom stereocenters. The second kappa shape index (κ2) is 7.92. The van der Waals surface area contributed by atoms with Crippen LogP contribution in [0.1, 0.15) is 11.5 Å². The van der Waals surface area contributed by atoms with Crippen molar-refractivity contribution in [3.05, 3.63) is 83.2 Å². The molecule has 28 heavy (non-hydrogen) atoms. The third-order valence-electron chi connectivity index (χ3n) is 4.14. The van der Waals surface area contributed by atoms with Crippen molar-refractivity contribution in [2.45, 2.75) is 13.1 Å². The topological polar surface area (TPSA) is 60.0 Å². The monoisotopic (exact) mass is 397 g/mol. The van der Waals surface area contributed by atoms with Gasteiger partial charge in [0.1, 0.15) is 5.82 Å². The lowest BCUT2D eigenvalue weighted by Gasteiger charge is -2.12. The van der Waals surface area contributed by atoms with Gasteiger partial charge in [-0.25, -0.2) is 9.07 Å². The van der Waals surface area contributed by atoms with E-state index in [-0.39, 0.29) is 5.82 Å². The SMILES string of the molecule is CN(Cc1cnn(-c2ccc(F)cc2)c1)Cc1nc(-c2cccc(Cl)c2)no1. The molecular formula is C20H17ClFN5O. The van der Waals surface area contributed by atoms with Crippen LogP contribution in [0.4, 0.5) is 4.39 Å². The first-order valence-electron chi connectivity index (χ1n) is 8.63. The lowest BCUT2D eigenvalue weighted by Crippen LogP contribution is -2.17. The van der Waals surface area contributed by atoms with E-state index < -0.39 is 0 Å². The second-order valence-electron chi connectivity index (χ2n) is 6.46. The van der Waals surface area contributed by atoms with Crippen molar-refractivity contribution in [1.29, 1.82) is 0 Å². The van der Waals surface area contributed by atoms with Crippen LogP contribution in [0.5, 0.6) is 0 Å². The molecule has 0 fully saturated rings. The molecule has 2 heterocycles. The predicted molar refractivity (Wildman–Crippen MR) is 103 cm³/mol. The van der Waals surface area contributed by atoms with E-state index in [2.05, 4.69) is 15.2 Å². The Balaban J connectivity index is 1.40.